The van der Waals surface area contributed by atoms with E-state index < -0.39 is 17.8 Å². The zero-order valence-electron chi connectivity index (χ0n) is 9.50. The lowest BCUT2D eigenvalue weighted by Gasteiger charge is -2.12. The fourth-order valence-electron chi connectivity index (χ4n) is 1.50. The number of ether oxygens (including phenoxy) is 1. The summed E-state index contributed by atoms with van der Waals surface area (Å²) in [5.41, 5.74) is -0.211. The number of halogens is 3. The van der Waals surface area contributed by atoms with Gasteiger partial charge >= 0.3 is 6.18 Å². The lowest BCUT2D eigenvalue weighted by molar-refractivity contribution is -0.137. The second-order valence-corrected chi connectivity index (χ2v) is 3.84. The van der Waals surface area contributed by atoms with Crippen molar-refractivity contribution in [2.75, 3.05) is 13.7 Å². The summed E-state index contributed by atoms with van der Waals surface area (Å²) in [6.07, 6.45) is -4.41. The van der Waals surface area contributed by atoms with Crippen LogP contribution in [-0.4, -0.2) is 24.9 Å². The molecular weight excluding hydrogens is 233 g/mol. The summed E-state index contributed by atoms with van der Waals surface area (Å²) in [5.74, 6) is 0. The van der Waals surface area contributed by atoms with Crippen LogP contribution in [-0.2, 0) is 17.3 Å². The van der Waals surface area contributed by atoms with Crippen LogP contribution >= 0.6 is 0 Å². The maximum Gasteiger partial charge on any atom is 0.416 e. The molecule has 1 N–H and O–H groups in total. The molecule has 0 saturated carbocycles. The Kier molecular flexibility index (Phi) is 4.96. The average Bonchev–Trinajstić information content (AvgIpc) is 2.25. The number of benzene rings is 1. The van der Waals surface area contributed by atoms with Crippen molar-refractivity contribution >= 4 is 0 Å². The molecule has 0 amide bonds. The monoisotopic (exact) mass is 248 g/mol. The third kappa shape index (κ3) is 4.75. The molecule has 0 bridgehead atoms. The van der Waals surface area contributed by atoms with Crippen LogP contribution in [0.2, 0.25) is 0 Å². The molecule has 5 heteroatoms. The third-order valence-corrected chi connectivity index (χ3v) is 2.38. The summed E-state index contributed by atoms with van der Waals surface area (Å²) >= 11 is 0. The highest BCUT2D eigenvalue weighted by molar-refractivity contribution is 5.26. The quantitative estimate of drug-likeness (QED) is 0.868. The molecule has 0 saturated heterocycles. The standard InChI is InChI=1S/C12H15F3O2/c1-17-6-5-11(16)8-9-3-2-4-10(7-9)12(13,14)15/h2-4,7,11,16H,5-6,8H2,1H3. The third-order valence-electron chi connectivity index (χ3n) is 2.38. The summed E-state index contributed by atoms with van der Waals surface area (Å²) < 4.78 is 42.1. The van der Waals surface area contributed by atoms with Crippen molar-refractivity contribution in [3.05, 3.63) is 35.4 Å². The van der Waals surface area contributed by atoms with Crippen LogP contribution in [0.4, 0.5) is 13.2 Å². The second kappa shape index (κ2) is 6.02. The van der Waals surface area contributed by atoms with Gasteiger partial charge in [0.15, 0.2) is 0 Å². The Morgan fingerprint density at radius 1 is 1.35 bits per heavy atom. The molecule has 0 aromatic heterocycles. The highest BCUT2D eigenvalue weighted by Crippen LogP contribution is 2.29. The maximum atomic E-state index is 12.4. The average molecular weight is 248 g/mol. The van der Waals surface area contributed by atoms with E-state index in [1.54, 1.807) is 6.07 Å². The molecule has 0 aliphatic rings. The molecule has 96 valence electrons. The lowest BCUT2D eigenvalue weighted by Crippen LogP contribution is -2.14. The van der Waals surface area contributed by atoms with Gasteiger partial charge in [0.2, 0.25) is 0 Å². The van der Waals surface area contributed by atoms with E-state index in [1.165, 1.54) is 13.2 Å². The zero-order chi connectivity index (χ0) is 12.9. The number of hydrogen-bond donors (Lipinski definition) is 1. The van der Waals surface area contributed by atoms with Gasteiger partial charge in [0.25, 0.3) is 0 Å². The zero-order valence-corrected chi connectivity index (χ0v) is 9.50. The van der Waals surface area contributed by atoms with Gasteiger partial charge in [-0.15, -0.1) is 0 Å². The summed E-state index contributed by atoms with van der Waals surface area (Å²) in [5, 5.41) is 9.57. The highest BCUT2D eigenvalue weighted by atomic mass is 19.4. The van der Waals surface area contributed by atoms with Gasteiger partial charge in [-0.2, -0.15) is 13.2 Å². The highest BCUT2D eigenvalue weighted by Gasteiger charge is 2.30. The van der Waals surface area contributed by atoms with Crippen LogP contribution in [0.25, 0.3) is 0 Å². The minimum Gasteiger partial charge on any atom is -0.393 e. The predicted octanol–water partition coefficient (Wildman–Crippen LogP) is 2.65. The molecule has 1 rings (SSSR count). The van der Waals surface area contributed by atoms with Crippen LogP contribution < -0.4 is 0 Å². The molecule has 1 unspecified atom stereocenters. The summed E-state index contributed by atoms with van der Waals surface area (Å²) in [4.78, 5) is 0. The first-order valence-corrected chi connectivity index (χ1v) is 5.26. The van der Waals surface area contributed by atoms with Gasteiger partial charge in [0.1, 0.15) is 0 Å². The summed E-state index contributed by atoms with van der Waals surface area (Å²) in [6.45, 7) is 0.389. The molecule has 1 aromatic carbocycles. The van der Waals surface area contributed by atoms with Crippen LogP contribution in [0.1, 0.15) is 17.5 Å². The van der Waals surface area contributed by atoms with E-state index in [4.69, 9.17) is 4.74 Å². The van der Waals surface area contributed by atoms with Gasteiger partial charge in [-0.05, 0) is 24.5 Å². The van der Waals surface area contributed by atoms with Gasteiger partial charge in [0, 0.05) is 13.7 Å². The van der Waals surface area contributed by atoms with Crippen molar-refractivity contribution in [3.8, 4) is 0 Å². The molecular formula is C12H15F3O2. The Hall–Kier alpha value is -1.07. The van der Waals surface area contributed by atoms with E-state index in [0.717, 1.165) is 12.1 Å². The van der Waals surface area contributed by atoms with Crippen LogP contribution in [0.15, 0.2) is 24.3 Å². The molecule has 2 nitrogen and oxygen atoms in total. The topological polar surface area (TPSA) is 29.5 Å². The Labute approximate surface area is 98.0 Å². The lowest BCUT2D eigenvalue weighted by atomic mass is 10.0. The number of aliphatic hydroxyl groups excluding tert-OH is 1. The molecule has 1 atom stereocenters. The molecule has 0 aliphatic carbocycles. The Morgan fingerprint density at radius 3 is 2.65 bits per heavy atom. The van der Waals surface area contributed by atoms with E-state index in [0.29, 0.717) is 18.6 Å². The van der Waals surface area contributed by atoms with Crippen molar-refractivity contribution < 1.29 is 23.0 Å². The van der Waals surface area contributed by atoms with Gasteiger partial charge in [-0.3, -0.25) is 0 Å². The molecule has 0 spiro atoms. The van der Waals surface area contributed by atoms with Crippen molar-refractivity contribution in [2.24, 2.45) is 0 Å². The number of hydrogen-bond acceptors (Lipinski definition) is 2. The fraction of sp³-hybridized carbons (Fsp3) is 0.500. The van der Waals surface area contributed by atoms with Crippen LogP contribution in [0.3, 0.4) is 0 Å². The maximum absolute atomic E-state index is 12.4. The number of rotatable bonds is 5. The number of methoxy groups -OCH3 is 1. The van der Waals surface area contributed by atoms with Crippen molar-refractivity contribution in [1.29, 1.82) is 0 Å². The SMILES string of the molecule is COCCC(O)Cc1cccc(C(F)(F)F)c1. The van der Waals surface area contributed by atoms with E-state index in [9.17, 15) is 18.3 Å². The van der Waals surface area contributed by atoms with E-state index >= 15 is 0 Å². The van der Waals surface area contributed by atoms with E-state index in [1.807, 2.05) is 0 Å². The van der Waals surface area contributed by atoms with E-state index in [2.05, 4.69) is 0 Å². The molecule has 17 heavy (non-hydrogen) atoms. The number of aliphatic hydroxyl groups is 1. The molecule has 1 aromatic rings. The van der Waals surface area contributed by atoms with Crippen molar-refractivity contribution in [2.45, 2.75) is 25.1 Å². The fourth-order valence-corrected chi connectivity index (χ4v) is 1.50. The smallest absolute Gasteiger partial charge is 0.393 e. The van der Waals surface area contributed by atoms with Gasteiger partial charge in [-0.25, -0.2) is 0 Å². The van der Waals surface area contributed by atoms with Crippen molar-refractivity contribution in [3.63, 3.8) is 0 Å². The largest absolute Gasteiger partial charge is 0.416 e. The van der Waals surface area contributed by atoms with Gasteiger partial charge in [-0.1, -0.05) is 18.2 Å². The van der Waals surface area contributed by atoms with Crippen LogP contribution in [0, 0.1) is 0 Å². The molecule has 0 aliphatic heterocycles. The first kappa shape index (κ1) is 14.0. The second-order valence-electron chi connectivity index (χ2n) is 3.84. The summed E-state index contributed by atoms with van der Waals surface area (Å²) in [6, 6.07) is 5.01. The van der Waals surface area contributed by atoms with Gasteiger partial charge in [0.05, 0.1) is 11.7 Å². The molecule has 0 fully saturated rings. The van der Waals surface area contributed by atoms with E-state index in [-0.39, 0.29) is 6.42 Å². The predicted molar refractivity (Wildman–Crippen MR) is 57.6 cm³/mol. The Bertz CT molecular complexity index is 350. The Balaban J connectivity index is 2.66. The molecule has 0 heterocycles. The van der Waals surface area contributed by atoms with Gasteiger partial charge < -0.3 is 9.84 Å². The van der Waals surface area contributed by atoms with Crippen LogP contribution in [0.5, 0.6) is 0 Å². The number of alkyl halides is 3. The first-order chi connectivity index (χ1) is 7.93. The first-order valence-electron chi connectivity index (χ1n) is 5.26. The molecule has 0 radical (unpaired) electrons. The van der Waals surface area contributed by atoms with Crippen molar-refractivity contribution in [1.82, 2.24) is 0 Å². The normalized spacial score (nSPS) is 13.7. The summed E-state index contributed by atoms with van der Waals surface area (Å²) in [7, 11) is 1.51. The minimum absolute atomic E-state index is 0.202. The Morgan fingerprint density at radius 2 is 2.06 bits per heavy atom. The minimum atomic E-state index is -4.34.